The zero-order valence-corrected chi connectivity index (χ0v) is 12.9. The first-order chi connectivity index (χ1) is 7.67. The van der Waals surface area contributed by atoms with Crippen LogP contribution in [0.25, 0.3) is 0 Å². The van der Waals surface area contributed by atoms with Crippen molar-refractivity contribution in [3.63, 3.8) is 0 Å². The molecule has 1 nitrogen and oxygen atoms in total. The topological polar surface area (TPSA) is 3.24 Å². The van der Waals surface area contributed by atoms with Crippen molar-refractivity contribution in [2.45, 2.75) is 52.6 Å². The Hall–Kier alpha value is 0.140. The highest BCUT2D eigenvalue weighted by Crippen LogP contribution is 2.22. The molecule has 1 atom stereocenters. The highest BCUT2D eigenvalue weighted by atomic mass is 79.9. The first-order valence-corrected chi connectivity index (χ1v) is 7.81. The molecule has 0 aliphatic heterocycles. The zero-order chi connectivity index (χ0) is 12.0. The molecule has 1 rings (SSSR count). The quantitative estimate of drug-likeness (QED) is 0.691. The summed E-state index contributed by atoms with van der Waals surface area (Å²) in [5.74, 6) is 0. The van der Waals surface area contributed by atoms with Crippen molar-refractivity contribution in [3.05, 3.63) is 20.8 Å². The second kappa shape index (κ2) is 7.46. The first kappa shape index (κ1) is 14.2. The Morgan fingerprint density at radius 1 is 1.44 bits per heavy atom. The number of nitrogens with zero attached hydrogens (tertiary/aromatic N) is 1. The molecule has 0 aromatic carbocycles. The van der Waals surface area contributed by atoms with Crippen LogP contribution in [0.2, 0.25) is 0 Å². The van der Waals surface area contributed by atoms with E-state index >= 15 is 0 Å². The number of halogens is 1. The molecule has 1 aromatic rings. The van der Waals surface area contributed by atoms with E-state index in [0.717, 1.165) is 6.54 Å². The van der Waals surface area contributed by atoms with Gasteiger partial charge in [0.05, 0.1) is 0 Å². The third-order valence-electron chi connectivity index (χ3n) is 2.99. The van der Waals surface area contributed by atoms with Gasteiger partial charge in [-0.3, -0.25) is 4.90 Å². The van der Waals surface area contributed by atoms with Crippen LogP contribution in [0.1, 0.15) is 44.9 Å². The molecule has 0 saturated heterocycles. The van der Waals surface area contributed by atoms with Gasteiger partial charge in [0, 0.05) is 27.3 Å². The van der Waals surface area contributed by atoms with Crippen molar-refractivity contribution in [2.75, 3.05) is 6.54 Å². The Morgan fingerprint density at radius 3 is 2.69 bits per heavy atom. The van der Waals surface area contributed by atoms with Crippen LogP contribution in [-0.2, 0) is 6.54 Å². The van der Waals surface area contributed by atoms with E-state index in [9.17, 15) is 0 Å². The Morgan fingerprint density at radius 2 is 2.19 bits per heavy atom. The molecule has 1 heterocycles. The van der Waals surface area contributed by atoms with Crippen LogP contribution in [0.4, 0.5) is 0 Å². The van der Waals surface area contributed by atoms with E-state index in [1.54, 1.807) is 0 Å². The van der Waals surface area contributed by atoms with Crippen LogP contribution >= 0.6 is 27.3 Å². The van der Waals surface area contributed by atoms with Crippen molar-refractivity contribution in [2.24, 2.45) is 0 Å². The average Bonchev–Trinajstić information content (AvgIpc) is 2.69. The summed E-state index contributed by atoms with van der Waals surface area (Å²) >= 11 is 5.37. The zero-order valence-electron chi connectivity index (χ0n) is 10.5. The summed E-state index contributed by atoms with van der Waals surface area (Å²) in [7, 11) is 0. The van der Waals surface area contributed by atoms with Crippen molar-refractivity contribution >= 4 is 27.3 Å². The van der Waals surface area contributed by atoms with Gasteiger partial charge in [-0.05, 0) is 48.3 Å². The van der Waals surface area contributed by atoms with Gasteiger partial charge in [-0.25, -0.2) is 0 Å². The fourth-order valence-electron chi connectivity index (χ4n) is 1.71. The Balaban J connectivity index is 2.55. The van der Waals surface area contributed by atoms with Crippen molar-refractivity contribution in [3.8, 4) is 0 Å². The Kier molecular flexibility index (Phi) is 6.62. The molecule has 1 unspecified atom stereocenters. The normalized spacial score (nSPS) is 13.3. The molecule has 0 spiro atoms. The molecule has 0 saturated carbocycles. The summed E-state index contributed by atoms with van der Waals surface area (Å²) in [5.41, 5.74) is 0. The summed E-state index contributed by atoms with van der Waals surface area (Å²) in [6.45, 7) is 9.19. The highest BCUT2D eigenvalue weighted by Gasteiger charge is 2.12. The number of rotatable bonds is 7. The predicted octanol–water partition coefficient (Wildman–Crippen LogP) is 4.91. The monoisotopic (exact) mass is 303 g/mol. The predicted molar refractivity (Wildman–Crippen MR) is 77.1 cm³/mol. The summed E-state index contributed by atoms with van der Waals surface area (Å²) in [4.78, 5) is 4.06. The Labute approximate surface area is 112 Å². The molecule has 3 heteroatoms. The molecule has 1 aromatic heterocycles. The Bertz CT molecular complexity index is 298. The highest BCUT2D eigenvalue weighted by molar-refractivity contribution is 9.10. The van der Waals surface area contributed by atoms with Gasteiger partial charge in [-0.2, -0.15) is 0 Å². The number of unbranched alkanes of at least 4 members (excludes halogenated alkanes) is 1. The molecule has 92 valence electrons. The number of hydrogen-bond donors (Lipinski definition) is 0. The van der Waals surface area contributed by atoms with Crippen molar-refractivity contribution in [1.82, 2.24) is 4.90 Å². The summed E-state index contributed by atoms with van der Waals surface area (Å²) in [6.07, 6.45) is 3.81. The second-order valence-corrected chi connectivity index (χ2v) is 6.22. The molecule has 0 aliphatic rings. The minimum atomic E-state index is 0.687. The molecule has 0 aliphatic carbocycles. The van der Waals surface area contributed by atoms with Gasteiger partial charge in [0.2, 0.25) is 0 Å². The van der Waals surface area contributed by atoms with E-state index in [4.69, 9.17) is 0 Å². The van der Waals surface area contributed by atoms with Gasteiger partial charge in [-0.1, -0.05) is 20.3 Å². The average molecular weight is 304 g/mol. The largest absolute Gasteiger partial charge is 0.296 e. The van der Waals surface area contributed by atoms with Crippen molar-refractivity contribution < 1.29 is 0 Å². The lowest BCUT2D eigenvalue weighted by Crippen LogP contribution is -2.32. The lowest BCUT2D eigenvalue weighted by Gasteiger charge is -2.27. The molecule has 0 N–H and O–H groups in total. The van der Waals surface area contributed by atoms with E-state index in [1.807, 2.05) is 11.3 Å². The van der Waals surface area contributed by atoms with Gasteiger partial charge in [0.15, 0.2) is 0 Å². The summed E-state index contributed by atoms with van der Waals surface area (Å²) in [6, 6.07) is 2.93. The molecular formula is C13H22BrNS. The van der Waals surface area contributed by atoms with E-state index < -0.39 is 0 Å². The summed E-state index contributed by atoms with van der Waals surface area (Å²) in [5, 5.41) is 2.17. The third kappa shape index (κ3) is 4.56. The van der Waals surface area contributed by atoms with E-state index in [1.165, 1.54) is 35.2 Å². The smallest absolute Gasteiger partial charge is 0.0331 e. The van der Waals surface area contributed by atoms with E-state index in [2.05, 4.69) is 53.0 Å². The third-order valence-corrected chi connectivity index (χ3v) is 4.68. The van der Waals surface area contributed by atoms with Gasteiger partial charge in [0.25, 0.3) is 0 Å². The molecule has 0 fully saturated rings. The van der Waals surface area contributed by atoms with Gasteiger partial charge in [0.1, 0.15) is 0 Å². The molecule has 16 heavy (non-hydrogen) atoms. The molecule has 0 bridgehead atoms. The second-order valence-electron chi connectivity index (χ2n) is 4.31. The number of thiophene rings is 1. The van der Waals surface area contributed by atoms with Gasteiger partial charge < -0.3 is 0 Å². The van der Waals surface area contributed by atoms with Crippen LogP contribution < -0.4 is 0 Å². The molecule has 0 amide bonds. The van der Waals surface area contributed by atoms with Gasteiger partial charge >= 0.3 is 0 Å². The fraction of sp³-hybridized carbons (Fsp3) is 0.692. The first-order valence-electron chi connectivity index (χ1n) is 6.14. The minimum Gasteiger partial charge on any atom is -0.296 e. The lowest BCUT2D eigenvalue weighted by molar-refractivity contribution is 0.194. The van der Waals surface area contributed by atoms with Crippen molar-refractivity contribution in [1.29, 1.82) is 0 Å². The van der Waals surface area contributed by atoms with Crippen LogP contribution in [0.15, 0.2) is 15.9 Å². The maximum absolute atomic E-state index is 3.52. The fourth-order valence-corrected chi connectivity index (χ4v) is 3.19. The molecular weight excluding hydrogens is 282 g/mol. The van der Waals surface area contributed by atoms with Crippen LogP contribution in [-0.4, -0.2) is 17.5 Å². The van der Waals surface area contributed by atoms with Crippen LogP contribution in [0, 0.1) is 0 Å². The van der Waals surface area contributed by atoms with Crippen LogP contribution in [0.3, 0.4) is 0 Å². The lowest BCUT2D eigenvalue weighted by atomic mass is 10.2. The van der Waals surface area contributed by atoms with Crippen LogP contribution in [0.5, 0.6) is 0 Å². The minimum absolute atomic E-state index is 0.687. The maximum Gasteiger partial charge on any atom is 0.0331 e. The van der Waals surface area contributed by atoms with E-state index in [0.29, 0.717) is 6.04 Å². The standard InChI is InChI=1S/C13H22BrNS/c1-4-6-7-15(11(3)5-2)9-13-8-12(14)10-16-13/h8,10-11H,4-7,9H2,1-3H3. The molecule has 0 radical (unpaired) electrons. The number of hydrogen-bond acceptors (Lipinski definition) is 2. The van der Waals surface area contributed by atoms with E-state index in [-0.39, 0.29) is 0 Å². The summed E-state index contributed by atoms with van der Waals surface area (Å²) < 4.78 is 1.21. The maximum atomic E-state index is 3.52. The van der Waals surface area contributed by atoms with Gasteiger partial charge in [-0.15, -0.1) is 11.3 Å². The SMILES string of the molecule is CCCCN(Cc1cc(Br)cs1)C(C)CC.